The Bertz CT molecular complexity index is 318. The number of halogens is 1. The van der Waals surface area contributed by atoms with Gasteiger partial charge in [0.05, 0.1) is 0 Å². The Kier molecular flexibility index (Phi) is 3.12. The standard InChI is InChI=1S/C12H15BrO/c1-2-9-3-6-11(10-4-5-10)12(7-9)14-8-13/h3,6-7,10H,2,4-5,8H2,1H3. The molecule has 0 aliphatic heterocycles. The lowest BCUT2D eigenvalue weighted by Crippen LogP contribution is -1.95. The van der Waals surface area contributed by atoms with Crippen LogP contribution in [0.15, 0.2) is 18.2 Å². The Hall–Kier alpha value is -0.500. The summed E-state index contributed by atoms with van der Waals surface area (Å²) in [6, 6.07) is 6.62. The van der Waals surface area contributed by atoms with Crippen LogP contribution in [0.4, 0.5) is 0 Å². The zero-order chi connectivity index (χ0) is 9.97. The van der Waals surface area contributed by atoms with Gasteiger partial charge in [-0.15, -0.1) is 0 Å². The van der Waals surface area contributed by atoms with Crippen LogP contribution in [0.1, 0.15) is 36.8 Å². The Labute approximate surface area is 93.6 Å². The second-order valence-electron chi connectivity index (χ2n) is 3.75. The predicted molar refractivity (Wildman–Crippen MR) is 62.2 cm³/mol. The van der Waals surface area contributed by atoms with Crippen LogP contribution in [-0.2, 0) is 6.42 Å². The fraction of sp³-hybridized carbons (Fsp3) is 0.500. The van der Waals surface area contributed by atoms with Gasteiger partial charge in [0, 0.05) is 0 Å². The maximum absolute atomic E-state index is 5.60. The molecule has 0 atom stereocenters. The van der Waals surface area contributed by atoms with E-state index < -0.39 is 0 Å². The molecule has 0 unspecified atom stereocenters. The zero-order valence-corrected chi connectivity index (χ0v) is 10.0. The summed E-state index contributed by atoms with van der Waals surface area (Å²) in [6.45, 7) is 2.17. The Morgan fingerprint density at radius 3 is 2.79 bits per heavy atom. The smallest absolute Gasteiger partial charge is 0.143 e. The van der Waals surface area contributed by atoms with E-state index >= 15 is 0 Å². The molecule has 1 aliphatic rings. The van der Waals surface area contributed by atoms with Crippen molar-refractivity contribution >= 4 is 15.9 Å². The predicted octanol–water partition coefficient (Wildman–Crippen LogP) is 3.86. The minimum Gasteiger partial charge on any atom is -0.482 e. The summed E-state index contributed by atoms with van der Waals surface area (Å²) in [5.74, 6) is 1.83. The summed E-state index contributed by atoms with van der Waals surface area (Å²) < 4.78 is 5.60. The molecule has 0 amide bonds. The van der Waals surface area contributed by atoms with Crippen molar-refractivity contribution in [2.75, 3.05) is 5.52 Å². The summed E-state index contributed by atoms with van der Waals surface area (Å²) in [4.78, 5) is 0. The third-order valence-electron chi connectivity index (χ3n) is 2.71. The van der Waals surface area contributed by atoms with Gasteiger partial charge < -0.3 is 4.74 Å². The number of benzene rings is 1. The molecule has 0 aromatic heterocycles. The minimum atomic E-state index is 0.583. The van der Waals surface area contributed by atoms with Gasteiger partial charge in [-0.1, -0.05) is 19.1 Å². The normalized spacial score (nSPS) is 15.6. The van der Waals surface area contributed by atoms with Gasteiger partial charge in [0.15, 0.2) is 0 Å². The van der Waals surface area contributed by atoms with Crippen molar-refractivity contribution in [2.45, 2.75) is 32.1 Å². The zero-order valence-electron chi connectivity index (χ0n) is 8.42. The van der Waals surface area contributed by atoms with E-state index in [1.54, 1.807) is 0 Å². The molecule has 76 valence electrons. The fourth-order valence-electron chi connectivity index (χ4n) is 1.71. The van der Waals surface area contributed by atoms with E-state index in [0.29, 0.717) is 5.52 Å². The van der Waals surface area contributed by atoms with Crippen molar-refractivity contribution in [1.29, 1.82) is 0 Å². The number of hydrogen-bond acceptors (Lipinski definition) is 1. The Balaban J connectivity index is 2.28. The fourth-order valence-corrected chi connectivity index (χ4v) is 1.96. The summed E-state index contributed by atoms with van der Waals surface area (Å²) in [5.41, 5.74) is 3.33. The molecule has 1 aliphatic carbocycles. The molecule has 0 saturated heterocycles. The highest BCUT2D eigenvalue weighted by molar-refractivity contribution is 9.09. The van der Waals surface area contributed by atoms with E-state index in [0.717, 1.165) is 18.1 Å². The van der Waals surface area contributed by atoms with Gasteiger partial charge in [-0.3, -0.25) is 0 Å². The molecule has 1 fully saturated rings. The van der Waals surface area contributed by atoms with E-state index in [9.17, 15) is 0 Å². The number of alkyl halides is 1. The third-order valence-corrected chi connectivity index (χ3v) is 2.94. The lowest BCUT2D eigenvalue weighted by atomic mass is 10.1. The maximum atomic E-state index is 5.60. The first-order valence-electron chi connectivity index (χ1n) is 5.16. The molecule has 0 bridgehead atoms. The molecular formula is C12H15BrO. The second-order valence-corrected chi connectivity index (χ2v) is 4.21. The first-order chi connectivity index (χ1) is 6.85. The number of rotatable bonds is 4. The van der Waals surface area contributed by atoms with Crippen molar-refractivity contribution in [1.82, 2.24) is 0 Å². The highest BCUT2D eigenvalue weighted by Crippen LogP contribution is 2.44. The quantitative estimate of drug-likeness (QED) is 0.742. The van der Waals surface area contributed by atoms with Crippen LogP contribution in [0.2, 0.25) is 0 Å². The molecule has 1 aromatic carbocycles. The van der Waals surface area contributed by atoms with E-state index in [4.69, 9.17) is 4.74 Å². The van der Waals surface area contributed by atoms with Gasteiger partial charge in [-0.25, -0.2) is 0 Å². The number of hydrogen-bond donors (Lipinski definition) is 0. The van der Waals surface area contributed by atoms with Gasteiger partial charge in [0.25, 0.3) is 0 Å². The average Bonchev–Trinajstić information content (AvgIpc) is 3.02. The lowest BCUT2D eigenvalue weighted by molar-refractivity contribution is 0.393. The van der Waals surface area contributed by atoms with Crippen LogP contribution >= 0.6 is 15.9 Å². The molecule has 0 N–H and O–H groups in total. The van der Waals surface area contributed by atoms with E-state index in [1.807, 2.05) is 0 Å². The van der Waals surface area contributed by atoms with Gasteiger partial charge in [0.1, 0.15) is 11.3 Å². The third kappa shape index (κ3) is 2.11. The molecule has 2 rings (SSSR count). The van der Waals surface area contributed by atoms with Crippen molar-refractivity contribution in [2.24, 2.45) is 0 Å². The number of aryl methyl sites for hydroxylation is 1. The van der Waals surface area contributed by atoms with Crippen LogP contribution in [-0.4, -0.2) is 5.52 Å². The van der Waals surface area contributed by atoms with Crippen LogP contribution in [0.5, 0.6) is 5.75 Å². The van der Waals surface area contributed by atoms with Gasteiger partial charge in [-0.2, -0.15) is 0 Å². The molecule has 1 saturated carbocycles. The van der Waals surface area contributed by atoms with Gasteiger partial charge in [-0.05, 0) is 58.3 Å². The van der Waals surface area contributed by atoms with Crippen molar-refractivity contribution in [3.8, 4) is 5.75 Å². The van der Waals surface area contributed by atoms with E-state index in [2.05, 4.69) is 41.1 Å². The topological polar surface area (TPSA) is 9.23 Å². The van der Waals surface area contributed by atoms with Crippen molar-refractivity contribution in [3.05, 3.63) is 29.3 Å². The highest BCUT2D eigenvalue weighted by Gasteiger charge is 2.26. The van der Waals surface area contributed by atoms with Gasteiger partial charge in [0.2, 0.25) is 0 Å². The molecule has 0 spiro atoms. The molecule has 14 heavy (non-hydrogen) atoms. The molecule has 0 heterocycles. The average molecular weight is 255 g/mol. The molecular weight excluding hydrogens is 240 g/mol. The first kappa shape index (κ1) is 10.0. The summed E-state index contributed by atoms with van der Waals surface area (Å²) in [6.07, 6.45) is 3.72. The lowest BCUT2D eigenvalue weighted by Gasteiger charge is -2.10. The van der Waals surface area contributed by atoms with Crippen LogP contribution in [0.3, 0.4) is 0 Å². The largest absolute Gasteiger partial charge is 0.482 e. The second kappa shape index (κ2) is 4.35. The Morgan fingerprint density at radius 2 is 2.21 bits per heavy atom. The van der Waals surface area contributed by atoms with Crippen molar-refractivity contribution < 1.29 is 4.74 Å². The first-order valence-corrected chi connectivity index (χ1v) is 6.29. The molecule has 1 aromatic rings. The summed E-state index contributed by atoms with van der Waals surface area (Å²) in [7, 11) is 0. The summed E-state index contributed by atoms with van der Waals surface area (Å²) in [5, 5.41) is 0. The SMILES string of the molecule is CCc1ccc(C2CC2)c(OCBr)c1. The molecule has 1 nitrogen and oxygen atoms in total. The Morgan fingerprint density at radius 1 is 1.43 bits per heavy atom. The monoisotopic (exact) mass is 254 g/mol. The van der Waals surface area contributed by atoms with Crippen LogP contribution < -0.4 is 4.74 Å². The van der Waals surface area contributed by atoms with Crippen LogP contribution in [0.25, 0.3) is 0 Å². The van der Waals surface area contributed by atoms with Crippen LogP contribution in [0, 0.1) is 0 Å². The number of ether oxygens (including phenoxy) is 1. The van der Waals surface area contributed by atoms with E-state index in [1.165, 1.54) is 24.0 Å². The summed E-state index contributed by atoms with van der Waals surface area (Å²) >= 11 is 3.31. The van der Waals surface area contributed by atoms with Crippen molar-refractivity contribution in [3.63, 3.8) is 0 Å². The highest BCUT2D eigenvalue weighted by atomic mass is 79.9. The molecule has 0 radical (unpaired) electrons. The molecule has 2 heteroatoms. The van der Waals surface area contributed by atoms with E-state index in [-0.39, 0.29) is 0 Å². The minimum absolute atomic E-state index is 0.583. The maximum Gasteiger partial charge on any atom is 0.143 e. The van der Waals surface area contributed by atoms with Gasteiger partial charge >= 0.3 is 0 Å².